The molecule has 1 aliphatic heterocycles. The van der Waals surface area contributed by atoms with Gasteiger partial charge in [-0.2, -0.15) is 0 Å². The lowest BCUT2D eigenvalue weighted by molar-refractivity contribution is 0.538. The Kier molecular flexibility index (Phi) is 2.80. The Hall–Kier alpha value is -0.610. The van der Waals surface area contributed by atoms with E-state index in [1.807, 2.05) is 11.6 Å². The normalized spacial score (nSPS) is 24.5. The van der Waals surface area contributed by atoms with Crippen molar-refractivity contribution in [3.05, 3.63) is 11.6 Å². The molecular weight excluding hydrogens is 182 g/mol. The Morgan fingerprint density at radius 3 is 3.31 bits per heavy atom. The first kappa shape index (κ1) is 8.97. The molecule has 1 saturated heterocycles. The standard InChI is InChI=1S/C9H15N3S/c1-7(8-3-2-4-10-8)12-9-11-5-6-13-9/h5-8,10H,2-4H2,1H3,(H,11,12). The van der Waals surface area contributed by atoms with E-state index in [0.717, 1.165) is 11.7 Å². The average molecular weight is 197 g/mol. The first-order chi connectivity index (χ1) is 6.36. The second-order valence-electron chi connectivity index (χ2n) is 3.47. The SMILES string of the molecule is CC(Nc1nccs1)C1CCCN1. The van der Waals surface area contributed by atoms with Crippen LogP contribution in [0, 0.1) is 0 Å². The van der Waals surface area contributed by atoms with E-state index in [1.165, 1.54) is 12.8 Å². The van der Waals surface area contributed by atoms with E-state index in [-0.39, 0.29) is 0 Å². The molecule has 0 saturated carbocycles. The lowest BCUT2D eigenvalue weighted by Gasteiger charge is -2.20. The molecule has 3 nitrogen and oxygen atoms in total. The van der Waals surface area contributed by atoms with Gasteiger partial charge in [0.15, 0.2) is 5.13 Å². The van der Waals surface area contributed by atoms with Gasteiger partial charge >= 0.3 is 0 Å². The summed E-state index contributed by atoms with van der Waals surface area (Å²) < 4.78 is 0. The van der Waals surface area contributed by atoms with Crippen LogP contribution in [0.3, 0.4) is 0 Å². The largest absolute Gasteiger partial charge is 0.358 e. The number of anilines is 1. The highest BCUT2D eigenvalue weighted by atomic mass is 32.1. The number of thiazole rings is 1. The number of hydrogen-bond donors (Lipinski definition) is 2. The second-order valence-corrected chi connectivity index (χ2v) is 4.37. The fourth-order valence-electron chi connectivity index (χ4n) is 1.73. The smallest absolute Gasteiger partial charge is 0.182 e. The van der Waals surface area contributed by atoms with Crippen LogP contribution in [-0.2, 0) is 0 Å². The molecule has 0 bridgehead atoms. The predicted octanol–water partition coefficient (Wildman–Crippen LogP) is 1.70. The minimum absolute atomic E-state index is 0.480. The molecule has 0 spiro atoms. The lowest BCUT2D eigenvalue weighted by Crippen LogP contribution is -2.37. The highest BCUT2D eigenvalue weighted by molar-refractivity contribution is 7.13. The molecule has 2 heterocycles. The van der Waals surface area contributed by atoms with Crippen molar-refractivity contribution < 1.29 is 0 Å². The minimum atomic E-state index is 0.480. The van der Waals surface area contributed by atoms with Crippen molar-refractivity contribution in [3.63, 3.8) is 0 Å². The molecule has 0 amide bonds. The maximum atomic E-state index is 4.21. The fraction of sp³-hybridized carbons (Fsp3) is 0.667. The van der Waals surface area contributed by atoms with Crippen LogP contribution in [0.15, 0.2) is 11.6 Å². The van der Waals surface area contributed by atoms with E-state index in [4.69, 9.17) is 0 Å². The Morgan fingerprint density at radius 2 is 2.69 bits per heavy atom. The Labute approximate surface area is 82.6 Å². The zero-order chi connectivity index (χ0) is 9.10. The Balaban J connectivity index is 1.87. The van der Waals surface area contributed by atoms with Crippen molar-refractivity contribution in [1.82, 2.24) is 10.3 Å². The number of nitrogens with one attached hydrogen (secondary N) is 2. The maximum Gasteiger partial charge on any atom is 0.182 e. The van der Waals surface area contributed by atoms with Gasteiger partial charge in [-0.1, -0.05) is 0 Å². The van der Waals surface area contributed by atoms with Gasteiger partial charge in [-0.15, -0.1) is 11.3 Å². The first-order valence-electron chi connectivity index (χ1n) is 4.75. The summed E-state index contributed by atoms with van der Waals surface area (Å²) in [5.74, 6) is 0. The van der Waals surface area contributed by atoms with Crippen LogP contribution in [0.25, 0.3) is 0 Å². The minimum Gasteiger partial charge on any atom is -0.358 e. The maximum absolute atomic E-state index is 4.21. The van der Waals surface area contributed by atoms with Crippen LogP contribution >= 0.6 is 11.3 Å². The molecule has 0 aromatic carbocycles. The molecule has 2 rings (SSSR count). The molecule has 2 atom stereocenters. The number of hydrogen-bond acceptors (Lipinski definition) is 4. The first-order valence-corrected chi connectivity index (χ1v) is 5.63. The summed E-state index contributed by atoms with van der Waals surface area (Å²) in [5, 5.41) is 9.92. The molecular formula is C9H15N3S. The van der Waals surface area contributed by atoms with Crippen LogP contribution in [0.1, 0.15) is 19.8 Å². The van der Waals surface area contributed by atoms with E-state index < -0.39 is 0 Å². The number of aromatic nitrogens is 1. The molecule has 2 N–H and O–H groups in total. The fourth-order valence-corrected chi connectivity index (χ4v) is 2.35. The van der Waals surface area contributed by atoms with Crippen LogP contribution in [-0.4, -0.2) is 23.6 Å². The molecule has 1 aromatic heterocycles. The van der Waals surface area contributed by atoms with Gasteiger partial charge < -0.3 is 10.6 Å². The molecule has 1 aromatic rings. The van der Waals surface area contributed by atoms with Crippen molar-refractivity contribution >= 4 is 16.5 Å². The highest BCUT2D eigenvalue weighted by Crippen LogP contribution is 2.16. The summed E-state index contributed by atoms with van der Waals surface area (Å²) in [6.45, 7) is 3.37. The van der Waals surface area contributed by atoms with Gasteiger partial charge in [0.2, 0.25) is 0 Å². The topological polar surface area (TPSA) is 37.0 Å². The molecule has 1 fully saturated rings. The van der Waals surface area contributed by atoms with E-state index in [1.54, 1.807) is 11.3 Å². The molecule has 2 unspecified atom stereocenters. The molecule has 0 aliphatic carbocycles. The van der Waals surface area contributed by atoms with E-state index in [2.05, 4.69) is 22.5 Å². The van der Waals surface area contributed by atoms with Crippen LogP contribution in [0.2, 0.25) is 0 Å². The summed E-state index contributed by atoms with van der Waals surface area (Å²) in [4.78, 5) is 4.21. The van der Waals surface area contributed by atoms with Gasteiger partial charge in [-0.25, -0.2) is 4.98 Å². The van der Waals surface area contributed by atoms with E-state index >= 15 is 0 Å². The van der Waals surface area contributed by atoms with Gasteiger partial charge in [0.1, 0.15) is 0 Å². The molecule has 4 heteroatoms. The Morgan fingerprint density at radius 1 is 1.77 bits per heavy atom. The Bertz CT molecular complexity index is 241. The molecule has 0 radical (unpaired) electrons. The van der Waals surface area contributed by atoms with Gasteiger partial charge in [0.25, 0.3) is 0 Å². The van der Waals surface area contributed by atoms with E-state index in [0.29, 0.717) is 12.1 Å². The van der Waals surface area contributed by atoms with E-state index in [9.17, 15) is 0 Å². The summed E-state index contributed by atoms with van der Waals surface area (Å²) in [6.07, 6.45) is 4.41. The van der Waals surface area contributed by atoms with Crippen LogP contribution in [0.5, 0.6) is 0 Å². The molecule has 72 valence electrons. The third-order valence-corrected chi connectivity index (χ3v) is 3.19. The number of rotatable bonds is 3. The van der Waals surface area contributed by atoms with Gasteiger partial charge in [0.05, 0.1) is 0 Å². The highest BCUT2D eigenvalue weighted by Gasteiger charge is 2.20. The third kappa shape index (κ3) is 2.19. The molecule has 1 aliphatic rings. The van der Waals surface area contributed by atoms with Crippen molar-refractivity contribution in [2.45, 2.75) is 31.8 Å². The zero-order valence-electron chi connectivity index (χ0n) is 7.79. The second kappa shape index (κ2) is 4.07. The lowest BCUT2D eigenvalue weighted by atomic mass is 10.1. The van der Waals surface area contributed by atoms with Crippen molar-refractivity contribution in [3.8, 4) is 0 Å². The van der Waals surface area contributed by atoms with Crippen LogP contribution in [0.4, 0.5) is 5.13 Å². The molecule has 13 heavy (non-hydrogen) atoms. The van der Waals surface area contributed by atoms with Gasteiger partial charge in [-0.3, -0.25) is 0 Å². The predicted molar refractivity (Wildman–Crippen MR) is 56.2 cm³/mol. The zero-order valence-corrected chi connectivity index (χ0v) is 8.60. The summed E-state index contributed by atoms with van der Waals surface area (Å²) in [6, 6.07) is 1.09. The van der Waals surface area contributed by atoms with Gasteiger partial charge in [0, 0.05) is 23.7 Å². The van der Waals surface area contributed by atoms with Gasteiger partial charge in [-0.05, 0) is 26.3 Å². The summed E-state index contributed by atoms with van der Waals surface area (Å²) in [5.41, 5.74) is 0. The number of nitrogens with zero attached hydrogens (tertiary/aromatic N) is 1. The third-order valence-electron chi connectivity index (χ3n) is 2.49. The summed E-state index contributed by atoms with van der Waals surface area (Å²) >= 11 is 1.66. The van der Waals surface area contributed by atoms with Crippen molar-refractivity contribution in [1.29, 1.82) is 0 Å². The van der Waals surface area contributed by atoms with Crippen LogP contribution < -0.4 is 10.6 Å². The monoisotopic (exact) mass is 197 g/mol. The quantitative estimate of drug-likeness (QED) is 0.774. The van der Waals surface area contributed by atoms with Crippen molar-refractivity contribution in [2.24, 2.45) is 0 Å². The average Bonchev–Trinajstić information content (AvgIpc) is 2.74. The van der Waals surface area contributed by atoms with Crippen molar-refractivity contribution in [2.75, 3.05) is 11.9 Å². The summed E-state index contributed by atoms with van der Waals surface area (Å²) in [7, 11) is 0.